The third kappa shape index (κ3) is 27.5. The van der Waals surface area contributed by atoms with Crippen molar-refractivity contribution in [2.24, 2.45) is 17.8 Å². The zero-order chi connectivity index (χ0) is 41.4. The fourth-order valence-electron chi connectivity index (χ4n) is 6.25. The van der Waals surface area contributed by atoms with Crippen LogP contribution >= 0.6 is 7.82 Å². The maximum Gasteiger partial charge on any atom is 0.472 e. The van der Waals surface area contributed by atoms with Gasteiger partial charge in [0.2, 0.25) is 0 Å². The van der Waals surface area contributed by atoms with Crippen LogP contribution in [0.4, 0.5) is 0 Å². The van der Waals surface area contributed by atoms with Crippen LogP contribution in [-0.2, 0) is 37.5 Å². The molecule has 1 rings (SSSR count). The second kappa shape index (κ2) is 32.7. The Morgan fingerprint density at radius 3 is 2.11 bits per heavy atom. The summed E-state index contributed by atoms with van der Waals surface area (Å²) in [5.74, 6) is -0.532. The van der Waals surface area contributed by atoms with Crippen LogP contribution in [0.1, 0.15) is 156 Å². The van der Waals surface area contributed by atoms with Crippen molar-refractivity contribution in [3.8, 4) is 0 Å². The molecule has 0 heterocycles. The predicted molar refractivity (Wildman–Crippen MR) is 219 cm³/mol. The van der Waals surface area contributed by atoms with Crippen LogP contribution in [0.25, 0.3) is 0 Å². The molecule has 324 valence electrons. The van der Waals surface area contributed by atoms with Gasteiger partial charge in [-0.15, -0.1) is 0 Å². The fourth-order valence-corrected chi connectivity index (χ4v) is 7.04. The van der Waals surface area contributed by atoms with E-state index in [0.717, 1.165) is 44.4 Å². The van der Waals surface area contributed by atoms with Crippen molar-refractivity contribution in [1.29, 1.82) is 0 Å². The van der Waals surface area contributed by atoms with E-state index in [2.05, 4.69) is 25.3 Å². The quantitative estimate of drug-likeness (QED) is 0.0205. The van der Waals surface area contributed by atoms with Crippen LogP contribution in [0.15, 0.2) is 36.5 Å². The van der Waals surface area contributed by atoms with Crippen LogP contribution in [-0.4, -0.2) is 82.7 Å². The minimum Gasteiger partial charge on any atom is -0.462 e. The van der Waals surface area contributed by atoms with Gasteiger partial charge >= 0.3 is 19.8 Å². The summed E-state index contributed by atoms with van der Waals surface area (Å²) in [5, 5.41) is 28.6. The van der Waals surface area contributed by atoms with Crippen molar-refractivity contribution in [1.82, 2.24) is 0 Å². The smallest absolute Gasteiger partial charge is 0.462 e. The number of phosphoric ester groups is 1. The fraction of sp³-hybridized carbons (Fsp3) is 0.791. The number of ketones is 1. The normalized spacial score (nSPS) is 19.0. The Morgan fingerprint density at radius 1 is 0.821 bits per heavy atom. The van der Waals surface area contributed by atoms with Gasteiger partial charge in [-0.1, -0.05) is 141 Å². The van der Waals surface area contributed by atoms with E-state index in [0.29, 0.717) is 32.1 Å². The van der Waals surface area contributed by atoms with E-state index in [1.165, 1.54) is 51.4 Å². The van der Waals surface area contributed by atoms with Crippen LogP contribution in [0, 0.1) is 17.8 Å². The van der Waals surface area contributed by atoms with Gasteiger partial charge in [0.1, 0.15) is 12.7 Å². The van der Waals surface area contributed by atoms with Crippen molar-refractivity contribution in [2.75, 3.05) is 26.4 Å². The Morgan fingerprint density at radius 2 is 1.45 bits per heavy atom. The molecule has 0 aliphatic heterocycles. The number of ether oxygens (including phenoxy) is 2. The van der Waals surface area contributed by atoms with Crippen molar-refractivity contribution in [2.45, 2.75) is 174 Å². The third-order valence-corrected chi connectivity index (χ3v) is 11.0. The zero-order valence-electron chi connectivity index (χ0n) is 34.6. The van der Waals surface area contributed by atoms with Gasteiger partial charge < -0.3 is 29.7 Å². The Bertz CT molecular complexity index is 1190. The van der Waals surface area contributed by atoms with Gasteiger partial charge in [0.25, 0.3) is 0 Å². The maximum absolute atomic E-state index is 12.7. The molecule has 0 aromatic carbocycles. The van der Waals surface area contributed by atoms with E-state index in [1.807, 2.05) is 24.3 Å². The summed E-state index contributed by atoms with van der Waals surface area (Å²) < 4.78 is 32.7. The summed E-state index contributed by atoms with van der Waals surface area (Å²) in [6.07, 6.45) is 27.4. The number of carbonyl (C=O) groups is 3. The van der Waals surface area contributed by atoms with Crippen molar-refractivity contribution in [3.63, 3.8) is 0 Å². The van der Waals surface area contributed by atoms with E-state index in [1.54, 1.807) is 12.2 Å². The molecule has 1 aliphatic rings. The lowest BCUT2D eigenvalue weighted by atomic mass is 9.90. The van der Waals surface area contributed by atoms with E-state index < -0.39 is 57.9 Å². The predicted octanol–water partition coefficient (Wildman–Crippen LogP) is 8.64. The first kappa shape index (κ1) is 51.8. The first-order valence-corrected chi connectivity index (χ1v) is 22.9. The average molecular weight is 815 g/mol. The second-order valence-electron chi connectivity index (χ2n) is 15.3. The lowest BCUT2D eigenvalue weighted by molar-refractivity contribution is -0.161. The highest BCUT2D eigenvalue weighted by atomic mass is 31.2. The van der Waals surface area contributed by atoms with Gasteiger partial charge in [-0.2, -0.15) is 0 Å². The number of phosphoric acid groups is 1. The van der Waals surface area contributed by atoms with E-state index in [-0.39, 0.29) is 37.1 Å². The standard InChI is InChI=1S/C43H75O12P/c1-4-6-17-24-37(45)28-29-40-36(27-30-41(40)47)23-19-15-16-21-26-43(49)55-39(34-54-56(50,51)53-32-38(46)31-44)33-52-42(48)25-20-14-12-10-8-7-9-11-13-18-22-35(3)5-2/h15,19,27-30,35-40,44-46H,4-14,16-18,20-26,31-34H2,1-3H3,(H,50,51)/b19-15-,29-28+/t35?,36-,37-,38-,39+,40+/m0/s1. The van der Waals surface area contributed by atoms with E-state index >= 15 is 0 Å². The molecule has 0 radical (unpaired) electrons. The summed E-state index contributed by atoms with van der Waals surface area (Å²) >= 11 is 0. The number of aliphatic hydroxyl groups excluding tert-OH is 3. The molecule has 0 saturated heterocycles. The second-order valence-corrected chi connectivity index (χ2v) is 16.7. The molecule has 0 amide bonds. The zero-order valence-corrected chi connectivity index (χ0v) is 35.5. The maximum atomic E-state index is 12.7. The number of unbranched alkanes of at least 4 members (excludes halogenated alkanes) is 12. The molecule has 0 spiro atoms. The minimum atomic E-state index is -4.67. The van der Waals surface area contributed by atoms with Crippen molar-refractivity contribution in [3.05, 3.63) is 36.5 Å². The van der Waals surface area contributed by atoms with E-state index in [9.17, 15) is 34.1 Å². The molecular formula is C43H75O12P. The molecule has 13 heteroatoms. The molecule has 2 unspecified atom stereocenters. The monoisotopic (exact) mass is 814 g/mol. The average Bonchev–Trinajstić information content (AvgIpc) is 3.53. The van der Waals surface area contributed by atoms with Crippen LogP contribution < -0.4 is 0 Å². The molecule has 4 N–H and O–H groups in total. The lowest BCUT2D eigenvalue weighted by Crippen LogP contribution is -2.29. The summed E-state index contributed by atoms with van der Waals surface area (Å²) in [6, 6.07) is 0. The SMILES string of the molecule is CCCCC[C@H](O)/C=C/[C@H]1C(=O)C=C[C@@H]1C/C=C\CCCC(=O)O[C@H](COC(=O)CCCCCCCCCCCCC(C)CC)COP(=O)(O)OC[C@@H](O)CO. The van der Waals surface area contributed by atoms with Crippen LogP contribution in [0.5, 0.6) is 0 Å². The van der Waals surface area contributed by atoms with E-state index in [4.69, 9.17) is 19.1 Å². The Labute approximate surface area is 337 Å². The number of aliphatic hydroxyl groups is 3. The highest BCUT2D eigenvalue weighted by molar-refractivity contribution is 7.47. The first-order chi connectivity index (χ1) is 26.9. The Balaban J connectivity index is 2.46. The molecule has 7 atom stereocenters. The summed E-state index contributed by atoms with van der Waals surface area (Å²) in [7, 11) is -4.67. The number of carbonyl (C=O) groups excluding carboxylic acids is 3. The number of allylic oxidation sites excluding steroid dienone is 5. The van der Waals surface area contributed by atoms with Gasteiger partial charge in [-0.25, -0.2) is 4.57 Å². The first-order valence-electron chi connectivity index (χ1n) is 21.4. The molecule has 56 heavy (non-hydrogen) atoms. The van der Waals surface area contributed by atoms with Crippen molar-refractivity contribution >= 4 is 25.5 Å². The highest BCUT2D eigenvalue weighted by Gasteiger charge is 2.28. The van der Waals surface area contributed by atoms with Crippen LogP contribution in [0.3, 0.4) is 0 Å². The van der Waals surface area contributed by atoms with Gasteiger partial charge in [0.15, 0.2) is 11.9 Å². The summed E-state index contributed by atoms with van der Waals surface area (Å²) in [5.41, 5.74) is 0. The van der Waals surface area contributed by atoms with Gasteiger partial charge in [-0.3, -0.25) is 23.4 Å². The number of esters is 2. The minimum absolute atomic E-state index is 0.00141. The van der Waals surface area contributed by atoms with Gasteiger partial charge in [0.05, 0.1) is 25.9 Å². The molecule has 12 nitrogen and oxygen atoms in total. The Hall–Kier alpha value is -2.18. The lowest BCUT2D eigenvalue weighted by Gasteiger charge is -2.20. The summed E-state index contributed by atoms with van der Waals surface area (Å²) in [6.45, 7) is 4.38. The molecule has 0 fully saturated rings. The Kier molecular flexibility index (Phi) is 30.3. The topological polar surface area (TPSA) is 186 Å². The highest BCUT2D eigenvalue weighted by Crippen LogP contribution is 2.43. The number of rotatable bonds is 36. The molecule has 0 aromatic rings. The molecular weight excluding hydrogens is 739 g/mol. The summed E-state index contributed by atoms with van der Waals surface area (Å²) in [4.78, 5) is 47.5. The largest absolute Gasteiger partial charge is 0.472 e. The van der Waals surface area contributed by atoms with Crippen molar-refractivity contribution < 1.29 is 57.7 Å². The molecule has 0 aromatic heterocycles. The molecule has 0 bridgehead atoms. The number of hydrogen-bond donors (Lipinski definition) is 4. The third-order valence-electron chi connectivity index (χ3n) is 10.1. The van der Waals surface area contributed by atoms with Gasteiger partial charge in [-0.05, 0) is 50.0 Å². The van der Waals surface area contributed by atoms with Gasteiger partial charge in [0, 0.05) is 18.8 Å². The molecule has 1 aliphatic carbocycles. The molecule has 0 saturated carbocycles. The van der Waals surface area contributed by atoms with Crippen LogP contribution in [0.2, 0.25) is 0 Å². The number of hydrogen-bond acceptors (Lipinski definition) is 11.